The number of benzene rings is 2. The molecular formula is C41H62ClFN4O4. The van der Waals surface area contributed by atoms with E-state index in [2.05, 4.69) is 82.9 Å². The number of hydrogen-bond donors (Lipinski definition) is 3. The number of likely N-dealkylation sites (N-methyl/N-ethyl adjacent to an activating group) is 1. The number of fused-ring (bicyclic) bond motifs is 2. The van der Waals surface area contributed by atoms with Crippen LogP contribution in [0.1, 0.15) is 84.4 Å². The van der Waals surface area contributed by atoms with Gasteiger partial charge in [-0.05, 0) is 92.1 Å². The molecule has 1 heterocycles. The summed E-state index contributed by atoms with van der Waals surface area (Å²) < 4.78 is 15.2. The number of hydroxylamine groups is 2. The molecule has 2 bridgehead atoms. The highest BCUT2D eigenvalue weighted by Crippen LogP contribution is 2.61. The Kier molecular flexibility index (Phi) is 12.6. The normalized spacial score (nSPS) is 28.9. The van der Waals surface area contributed by atoms with E-state index < -0.39 is 24.2 Å². The lowest BCUT2D eigenvalue weighted by Gasteiger charge is -2.62. The largest absolute Gasteiger partial charge is 0.394 e. The van der Waals surface area contributed by atoms with Crippen LogP contribution < -0.4 is 5.32 Å². The van der Waals surface area contributed by atoms with E-state index in [1.807, 2.05) is 12.1 Å². The molecule has 0 spiro atoms. The maximum atomic E-state index is 15.2. The van der Waals surface area contributed by atoms with Crippen LogP contribution in [0.2, 0.25) is 5.02 Å². The molecule has 6 rings (SSSR count). The first-order chi connectivity index (χ1) is 23.9. The SMILES string of the molecule is C[C@H]1[C@@H](NC(=O)[C@@H]2[C@H]([C@H](C)O)[C@H](CO)ON2Cc2cccc(CN(Cc3c(F)cccc3Cl)[C@H](CN(C)C)CC(C)(C)C)c2)C[C@@H]2C[C@@H]1C2(C)C. The zero-order chi connectivity index (χ0) is 37.4. The van der Waals surface area contributed by atoms with Gasteiger partial charge in [0.05, 0.1) is 19.3 Å². The summed E-state index contributed by atoms with van der Waals surface area (Å²) in [7, 11) is 4.12. The molecule has 3 saturated carbocycles. The molecule has 2 aromatic rings. The third-order valence-corrected chi connectivity index (χ3v) is 12.5. The van der Waals surface area contributed by atoms with Gasteiger partial charge in [0, 0.05) is 48.2 Å². The summed E-state index contributed by atoms with van der Waals surface area (Å²) >= 11 is 6.56. The fourth-order valence-electron chi connectivity index (χ4n) is 9.36. The van der Waals surface area contributed by atoms with Crippen LogP contribution in [-0.2, 0) is 29.3 Å². The number of halogens is 2. The number of amides is 1. The first-order valence-electron chi connectivity index (χ1n) is 18.8. The van der Waals surface area contributed by atoms with Crippen molar-refractivity contribution in [3.8, 4) is 0 Å². The smallest absolute Gasteiger partial charge is 0.240 e. The van der Waals surface area contributed by atoms with Gasteiger partial charge in [0.25, 0.3) is 0 Å². The highest BCUT2D eigenvalue weighted by Gasteiger charge is 2.57. The predicted octanol–water partition coefficient (Wildman–Crippen LogP) is 6.51. The van der Waals surface area contributed by atoms with Gasteiger partial charge in [-0.3, -0.25) is 14.5 Å². The number of nitrogens with one attached hydrogen (secondary N) is 1. The maximum Gasteiger partial charge on any atom is 0.240 e. The van der Waals surface area contributed by atoms with Crippen molar-refractivity contribution in [1.29, 1.82) is 0 Å². The van der Waals surface area contributed by atoms with Crippen LogP contribution in [-0.4, -0.2) is 88.6 Å². The molecule has 1 amide bonds. The quantitative estimate of drug-likeness (QED) is 0.205. The second-order valence-electron chi connectivity index (χ2n) is 17.8. The van der Waals surface area contributed by atoms with Crippen molar-refractivity contribution in [3.05, 3.63) is 70.0 Å². The zero-order valence-corrected chi connectivity index (χ0v) is 33.0. The van der Waals surface area contributed by atoms with Crippen molar-refractivity contribution in [2.24, 2.45) is 34.5 Å². The van der Waals surface area contributed by atoms with E-state index in [1.165, 1.54) is 12.5 Å². The lowest BCUT2D eigenvalue weighted by molar-refractivity contribution is -0.183. The monoisotopic (exact) mass is 728 g/mol. The average Bonchev–Trinajstić information content (AvgIpc) is 3.40. The average molecular weight is 729 g/mol. The lowest BCUT2D eigenvalue weighted by Crippen LogP contribution is -2.62. The Labute approximate surface area is 310 Å². The predicted molar refractivity (Wildman–Crippen MR) is 201 cm³/mol. The van der Waals surface area contributed by atoms with Gasteiger partial charge in [0.15, 0.2) is 0 Å². The molecule has 1 saturated heterocycles. The van der Waals surface area contributed by atoms with Crippen molar-refractivity contribution < 1.29 is 24.2 Å². The molecule has 4 fully saturated rings. The van der Waals surface area contributed by atoms with Crippen molar-refractivity contribution in [3.63, 3.8) is 0 Å². The number of aliphatic hydroxyl groups excluding tert-OH is 2. The Hall–Kier alpha value is -2.11. The molecule has 1 aliphatic heterocycles. The molecule has 2 aromatic carbocycles. The third-order valence-electron chi connectivity index (χ3n) is 12.1. The van der Waals surface area contributed by atoms with Crippen LogP contribution in [0.15, 0.2) is 42.5 Å². The van der Waals surface area contributed by atoms with E-state index in [0.717, 1.165) is 30.5 Å². The first kappa shape index (κ1) is 40.1. The van der Waals surface area contributed by atoms with Crippen molar-refractivity contribution in [2.45, 2.75) is 118 Å². The van der Waals surface area contributed by atoms with Crippen LogP contribution in [0.5, 0.6) is 0 Å². The van der Waals surface area contributed by atoms with Crippen LogP contribution in [0.4, 0.5) is 4.39 Å². The maximum absolute atomic E-state index is 15.2. The van der Waals surface area contributed by atoms with Crippen molar-refractivity contribution in [2.75, 3.05) is 27.2 Å². The lowest BCUT2D eigenvalue weighted by atomic mass is 9.45. The molecule has 9 atom stereocenters. The van der Waals surface area contributed by atoms with Gasteiger partial charge >= 0.3 is 0 Å². The van der Waals surface area contributed by atoms with Gasteiger partial charge in [0.1, 0.15) is 18.0 Å². The Balaban J connectivity index is 1.39. The van der Waals surface area contributed by atoms with E-state index in [-0.39, 0.29) is 35.8 Å². The number of aliphatic hydroxyl groups is 2. The Morgan fingerprint density at radius 1 is 1.14 bits per heavy atom. The molecule has 0 radical (unpaired) electrons. The standard InChI is InChI=1S/C41H62ClFN4O4/c1-25-32-17-29(41(32,6)7)18-35(25)44-39(50)38-37(26(2)49)36(24-48)51-47(38)21-28-13-10-12-27(16-28)20-46(23-31-33(42)14-11-15-34(31)43)30(22-45(8)9)19-40(3,4)5/h10-16,25-26,29-30,32,35-38,48-49H,17-24H2,1-9H3,(H,44,50)/t25-,26+,29+,30+,32+,35+,36+,37-,38+/m1/s1. The zero-order valence-electron chi connectivity index (χ0n) is 32.2. The molecule has 4 aliphatic rings. The van der Waals surface area contributed by atoms with Gasteiger partial charge in [-0.25, -0.2) is 4.39 Å². The molecule has 284 valence electrons. The van der Waals surface area contributed by atoms with Crippen LogP contribution in [0, 0.1) is 40.3 Å². The highest BCUT2D eigenvalue weighted by molar-refractivity contribution is 6.31. The molecule has 0 aromatic heterocycles. The Morgan fingerprint density at radius 2 is 1.82 bits per heavy atom. The fourth-order valence-corrected chi connectivity index (χ4v) is 9.59. The Morgan fingerprint density at radius 3 is 2.41 bits per heavy atom. The minimum Gasteiger partial charge on any atom is -0.394 e. The minimum absolute atomic E-state index is 0.0399. The molecule has 51 heavy (non-hydrogen) atoms. The topological polar surface area (TPSA) is 88.5 Å². The number of carbonyl (C=O) groups excluding carboxylic acids is 1. The molecule has 0 unspecified atom stereocenters. The first-order valence-corrected chi connectivity index (χ1v) is 19.2. The van der Waals surface area contributed by atoms with Gasteiger partial charge < -0.3 is 20.4 Å². The van der Waals surface area contributed by atoms with E-state index in [4.69, 9.17) is 16.4 Å². The molecule has 8 nitrogen and oxygen atoms in total. The Bertz CT molecular complexity index is 1480. The number of hydrogen-bond acceptors (Lipinski definition) is 7. The summed E-state index contributed by atoms with van der Waals surface area (Å²) in [4.78, 5) is 24.9. The van der Waals surface area contributed by atoms with E-state index in [0.29, 0.717) is 53.4 Å². The fraction of sp³-hybridized carbons (Fsp3) is 0.683. The van der Waals surface area contributed by atoms with Crippen LogP contribution >= 0.6 is 11.6 Å². The summed E-state index contributed by atoms with van der Waals surface area (Å²) in [6.07, 6.45) is 1.51. The third kappa shape index (κ3) is 9.17. The number of nitrogens with zero attached hydrogens (tertiary/aromatic N) is 3. The second-order valence-corrected chi connectivity index (χ2v) is 18.2. The summed E-state index contributed by atoms with van der Waals surface area (Å²) in [5.41, 5.74) is 2.81. The van der Waals surface area contributed by atoms with Gasteiger partial charge in [-0.1, -0.05) is 83.5 Å². The van der Waals surface area contributed by atoms with Crippen LogP contribution in [0.25, 0.3) is 0 Å². The summed E-state index contributed by atoms with van der Waals surface area (Å²) in [5, 5.41) is 26.6. The van der Waals surface area contributed by atoms with Crippen molar-refractivity contribution in [1.82, 2.24) is 20.2 Å². The summed E-state index contributed by atoms with van der Waals surface area (Å²) in [6.45, 7) is 17.0. The summed E-state index contributed by atoms with van der Waals surface area (Å²) in [5.74, 6) is 0.462. The minimum atomic E-state index is -0.861. The van der Waals surface area contributed by atoms with Gasteiger partial charge in [-0.2, -0.15) is 5.06 Å². The molecule has 3 aliphatic carbocycles. The molecule has 3 N–H and O–H groups in total. The van der Waals surface area contributed by atoms with Gasteiger partial charge in [0.2, 0.25) is 5.91 Å². The van der Waals surface area contributed by atoms with E-state index in [1.54, 1.807) is 24.1 Å². The van der Waals surface area contributed by atoms with Crippen molar-refractivity contribution >= 4 is 17.5 Å². The van der Waals surface area contributed by atoms with E-state index >= 15 is 4.39 Å². The number of carbonyl (C=O) groups is 1. The van der Waals surface area contributed by atoms with Gasteiger partial charge in [-0.15, -0.1) is 0 Å². The van der Waals surface area contributed by atoms with E-state index in [9.17, 15) is 15.0 Å². The second kappa shape index (κ2) is 16.1. The van der Waals surface area contributed by atoms with Crippen LogP contribution in [0.3, 0.4) is 0 Å². The summed E-state index contributed by atoms with van der Waals surface area (Å²) in [6, 6.07) is 12.5. The molecule has 10 heteroatoms. The number of rotatable bonds is 14. The highest BCUT2D eigenvalue weighted by atomic mass is 35.5. The molecular weight excluding hydrogens is 667 g/mol.